The van der Waals surface area contributed by atoms with Gasteiger partial charge in [0.15, 0.2) is 11.2 Å². The molecule has 0 saturated carbocycles. The zero-order valence-electron chi connectivity index (χ0n) is 15.9. The second-order valence-electron chi connectivity index (χ2n) is 6.22. The number of esters is 1. The molecule has 0 spiro atoms. The molecular formula is C21H18F2N2O4S. The Morgan fingerprint density at radius 2 is 1.80 bits per heavy atom. The molecule has 2 aromatic carbocycles. The van der Waals surface area contributed by atoms with Gasteiger partial charge in [0.05, 0.1) is 12.1 Å². The molecule has 0 fully saturated rings. The van der Waals surface area contributed by atoms with Crippen LogP contribution in [-0.2, 0) is 20.7 Å². The number of hydrogen-bond donors (Lipinski definition) is 1. The molecule has 0 bridgehead atoms. The smallest absolute Gasteiger partial charge is 0.387 e. The van der Waals surface area contributed by atoms with Gasteiger partial charge in [0.2, 0.25) is 0 Å². The molecule has 0 radical (unpaired) electrons. The number of aromatic nitrogens is 1. The fourth-order valence-electron chi connectivity index (χ4n) is 2.53. The van der Waals surface area contributed by atoms with Gasteiger partial charge in [0.25, 0.3) is 5.91 Å². The van der Waals surface area contributed by atoms with Crippen molar-refractivity contribution >= 4 is 28.3 Å². The van der Waals surface area contributed by atoms with Gasteiger partial charge in [-0.05, 0) is 24.6 Å². The van der Waals surface area contributed by atoms with E-state index in [2.05, 4.69) is 15.0 Å². The van der Waals surface area contributed by atoms with Crippen LogP contribution in [0.5, 0.6) is 5.75 Å². The van der Waals surface area contributed by atoms with Gasteiger partial charge >= 0.3 is 12.6 Å². The molecule has 6 nitrogen and oxygen atoms in total. The van der Waals surface area contributed by atoms with E-state index in [-0.39, 0.29) is 12.2 Å². The molecule has 1 heterocycles. The third-order valence-corrected chi connectivity index (χ3v) is 4.74. The van der Waals surface area contributed by atoms with Crippen LogP contribution in [0.3, 0.4) is 0 Å². The van der Waals surface area contributed by atoms with Crippen LogP contribution in [0.4, 0.5) is 13.9 Å². The van der Waals surface area contributed by atoms with E-state index in [9.17, 15) is 18.4 Å². The average Bonchev–Trinajstić information content (AvgIpc) is 3.18. The normalized spacial score (nSPS) is 11.7. The highest BCUT2D eigenvalue weighted by Gasteiger charge is 2.19. The lowest BCUT2D eigenvalue weighted by atomic mass is 10.1. The molecule has 0 aliphatic heterocycles. The number of amides is 1. The number of alkyl halides is 2. The molecule has 1 unspecified atom stereocenters. The summed E-state index contributed by atoms with van der Waals surface area (Å²) in [6, 6.07) is 15.1. The number of hydrogen-bond acceptors (Lipinski definition) is 6. The second kappa shape index (κ2) is 9.93. The highest BCUT2D eigenvalue weighted by atomic mass is 32.1. The van der Waals surface area contributed by atoms with E-state index in [1.54, 1.807) is 0 Å². The molecule has 9 heteroatoms. The lowest BCUT2D eigenvalue weighted by Gasteiger charge is -2.12. The van der Waals surface area contributed by atoms with Crippen molar-refractivity contribution < 1.29 is 27.8 Å². The van der Waals surface area contributed by atoms with Crippen LogP contribution in [0.2, 0.25) is 0 Å². The summed E-state index contributed by atoms with van der Waals surface area (Å²) in [5, 5.41) is 4.85. The molecule has 1 N–H and O–H groups in total. The maximum absolute atomic E-state index is 12.3. The van der Waals surface area contributed by atoms with Crippen LogP contribution in [-0.4, -0.2) is 29.6 Å². The van der Waals surface area contributed by atoms with E-state index in [0.29, 0.717) is 10.7 Å². The Labute approximate surface area is 175 Å². The summed E-state index contributed by atoms with van der Waals surface area (Å²) in [5.74, 6) is -1.13. The summed E-state index contributed by atoms with van der Waals surface area (Å²) in [5.41, 5.74) is 2.21. The zero-order valence-corrected chi connectivity index (χ0v) is 16.7. The Morgan fingerprint density at radius 3 is 2.47 bits per heavy atom. The highest BCUT2D eigenvalue weighted by molar-refractivity contribution is 7.14. The number of nitrogens with one attached hydrogen (secondary N) is 1. The number of carbonyl (C=O) groups excluding carboxylic acids is 2. The summed E-state index contributed by atoms with van der Waals surface area (Å²) in [6.45, 7) is -1.46. The lowest BCUT2D eigenvalue weighted by Crippen LogP contribution is -2.30. The minimum absolute atomic E-state index is 0.00631. The number of anilines is 1. The molecule has 156 valence electrons. The standard InChI is InChI=1S/C21H18F2N2O4S/c1-13(28-18(26)11-14-7-9-16(10-8-14)29-20(22)23)19(27)25-21-24-17(12-30-21)15-5-3-2-4-6-15/h2-10,12-13,20H,11H2,1H3,(H,24,25,27). The van der Waals surface area contributed by atoms with Crippen LogP contribution >= 0.6 is 11.3 Å². The van der Waals surface area contributed by atoms with E-state index in [1.165, 1.54) is 42.5 Å². The third-order valence-electron chi connectivity index (χ3n) is 3.98. The molecule has 0 aliphatic carbocycles. The number of rotatable bonds is 8. The van der Waals surface area contributed by atoms with Crippen molar-refractivity contribution in [3.8, 4) is 17.0 Å². The minimum atomic E-state index is -2.92. The summed E-state index contributed by atoms with van der Waals surface area (Å²) >= 11 is 1.27. The zero-order chi connectivity index (χ0) is 21.5. The van der Waals surface area contributed by atoms with Crippen molar-refractivity contribution in [3.63, 3.8) is 0 Å². The first kappa shape index (κ1) is 21.4. The van der Waals surface area contributed by atoms with Crippen molar-refractivity contribution in [2.24, 2.45) is 0 Å². The van der Waals surface area contributed by atoms with Gasteiger partial charge in [-0.1, -0.05) is 42.5 Å². The van der Waals surface area contributed by atoms with Crippen molar-refractivity contribution in [1.29, 1.82) is 0 Å². The number of ether oxygens (including phenoxy) is 2. The van der Waals surface area contributed by atoms with Crippen molar-refractivity contribution in [3.05, 3.63) is 65.5 Å². The SMILES string of the molecule is CC(OC(=O)Cc1ccc(OC(F)F)cc1)C(=O)Nc1nc(-c2ccccc2)cs1. The number of nitrogens with zero attached hydrogens (tertiary/aromatic N) is 1. The molecular weight excluding hydrogens is 414 g/mol. The molecule has 3 rings (SSSR count). The molecule has 3 aromatic rings. The number of halogens is 2. The number of benzene rings is 2. The molecule has 1 amide bonds. The number of carbonyl (C=O) groups is 2. The Bertz CT molecular complexity index is 994. The molecule has 0 aliphatic rings. The average molecular weight is 432 g/mol. The van der Waals surface area contributed by atoms with Gasteiger partial charge in [-0.3, -0.25) is 14.9 Å². The van der Waals surface area contributed by atoms with Crippen LogP contribution in [0.25, 0.3) is 11.3 Å². The van der Waals surface area contributed by atoms with E-state index in [4.69, 9.17) is 4.74 Å². The van der Waals surface area contributed by atoms with E-state index in [0.717, 1.165) is 11.3 Å². The predicted octanol–water partition coefficient (Wildman–Crippen LogP) is 4.52. The maximum atomic E-state index is 12.3. The van der Waals surface area contributed by atoms with Crippen molar-refractivity contribution in [1.82, 2.24) is 4.98 Å². The van der Waals surface area contributed by atoms with Gasteiger partial charge in [-0.15, -0.1) is 11.3 Å². The summed E-state index contributed by atoms with van der Waals surface area (Å²) in [4.78, 5) is 28.7. The van der Waals surface area contributed by atoms with Gasteiger partial charge in [-0.25, -0.2) is 4.98 Å². The fraction of sp³-hybridized carbons (Fsp3) is 0.190. The second-order valence-corrected chi connectivity index (χ2v) is 7.08. The Morgan fingerprint density at radius 1 is 1.10 bits per heavy atom. The Balaban J connectivity index is 1.50. The van der Waals surface area contributed by atoms with E-state index >= 15 is 0 Å². The quantitative estimate of drug-likeness (QED) is 0.530. The van der Waals surface area contributed by atoms with Crippen LogP contribution < -0.4 is 10.1 Å². The minimum Gasteiger partial charge on any atom is -0.452 e. The molecule has 0 saturated heterocycles. The van der Waals surface area contributed by atoms with Crippen LogP contribution in [0.1, 0.15) is 12.5 Å². The molecule has 30 heavy (non-hydrogen) atoms. The first-order valence-electron chi connectivity index (χ1n) is 8.96. The Hall–Kier alpha value is -3.33. The topological polar surface area (TPSA) is 77.5 Å². The van der Waals surface area contributed by atoms with Crippen molar-refractivity contribution in [2.45, 2.75) is 26.1 Å². The monoisotopic (exact) mass is 432 g/mol. The molecule has 1 aromatic heterocycles. The van der Waals surface area contributed by atoms with Crippen molar-refractivity contribution in [2.75, 3.05) is 5.32 Å². The van der Waals surface area contributed by atoms with E-state index in [1.807, 2.05) is 35.7 Å². The van der Waals surface area contributed by atoms with Crippen LogP contribution in [0.15, 0.2) is 60.0 Å². The first-order valence-corrected chi connectivity index (χ1v) is 9.83. The number of thiazole rings is 1. The highest BCUT2D eigenvalue weighted by Crippen LogP contribution is 2.24. The summed E-state index contributed by atoms with van der Waals surface area (Å²) in [6.07, 6.45) is -1.13. The van der Waals surface area contributed by atoms with Gasteiger partial charge in [0.1, 0.15) is 5.75 Å². The lowest BCUT2D eigenvalue weighted by molar-refractivity contribution is -0.152. The van der Waals surface area contributed by atoms with Gasteiger partial charge < -0.3 is 9.47 Å². The third kappa shape index (κ3) is 6.08. The maximum Gasteiger partial charge on any atom is 0.387 e. The van der Waals surface area contributed by atoms with E-state index < -0.39 is 24.6 Å². The van der Waals surface area contributed by atoms with Crippen LogP contribution in [0, 0.1) is 0 Å². The summed E-state index contributed by atoms with van der Waals surface area (Å²) < 4.78 is 33.7. The Kier molecular flexibility index (Phi) is 7.08. The summed E-state index contributed by atoms with van der Waals surface area (Å²) in [7, 11) is 0. The van der Waals surface area contributed by atoms with Gasteiger partial charge in [-0.2, -0.15) is 8.78 Å². The predicted molar refractivity (Wildman–Crippen MR) is 109 cm³/mol. The first-order chi connectivity index (χ1) is 14.4. The largest absolute Gasteiger partial charge is 0.452 e. The molecule has 1 atom stereocenters. The van der Waals surface area contributed by atoms with Gasteiger partial charge in [0, 0.05) is 10.9 Å². The fourth-order valence-corrected chi connectivity index (χ4v) is 3.25.